The van der Waals surface area contributed by atoms with Crippen LogP contribution in [-0.2, 0) is 6.54 Å². The van der Waals surface area contributed by atoms with Crippen LogP contribution < -0.4 is 10.2 Å². The normalized spacial score (nSPS) is 21.7. The summed E-state index contributed by atoms with van der Waals surface area (Å²) >= 11 is 12.5. The minimum Gasteiger partial charge on any atom is -0.395 e. The summed E-state index contributed by atoms with van der Waals surface area (Å²) in [7, 11) is 1.79. The Bertz CT molecular complexity index is 1110. The molecule has 3 aliphatic heterocycles. The van der Waals surface area contributed by atoms with Crippen molar-refractivity contribution in [2.24, 2.45) is 11.8 Å². The van der Waals surface area contributed by atoms with Crippen LogP contribution in [0.3, 0.4) is 0 Å². The van der Waals surface area contributed by atoms with Gasteiger partial charge in [0.2, 0.25) is 5.95 Å². The fourth-order valence-electron chi connectivity index (χ4n) is 5.50. The number of β-amino-alcohol motifs (C(OH)–C–C–N with tert-alkyl or cyclic N) is 1. The Morgan fingerprint density at radius 2 is 2.00 bits per heavy atom. The monoisotopic (exact) mass is 518 g/mol. The topological polar surface area (TPSA) is 84.8 Å². The molecule has 2 N–H and O–H groups in total. The minimum absolute atomic E-state index is 0.0730. The molecule has 0 spiro atoms. The zero-order chi connectivity index (χ0) is 24.7. The van der Waals surface area contributed by atoms with Crippen LogP contribution in [0, 0.1) is 11.8 Å². The lowest BCUT2D eigenvalue weighted by Gasteiger charge is -2.46. The molecule has 1 aromatic heterocycles. The van der Waals surface area contributed by atoms with Gasteiger partial charge in [0.15, 0.2) is 0 Å². The van der Waals surface area contributed by atoms with Crippen molar-refractivity contribution in [2.75, 3.05) is 56.6 Å². The van der Waals surface area contributed by atoms with E-state index in [1.807, 2.05) is 19.1 Å². The number of amides is 1. The van der Waals surface area contributed by atoms with Gasteiger partial charge in [-0.2, -0.15) is 4.98 Å². The Morgan fingerprint density at radius 1 is 1.20 bits per heavy atom. The average molecular weight is 519 g/mol. The third kappa shape index (κ3) is 4.94. The second-order valence-corrected chi connectivity index (χ2v) is 10.8. The zero-order valence-electron chi connectivity index (χ0n) is 20.2. The number of carbonyl (C=O) groups excluding carboxylic acids is 1. The van der Waals surface area contributed by atoms with Crippen molar-refractivity contribution in [1.29, 1.82) is 0 Å². The summed E-state index contributed by atoms with van der Waals surface area (Å²) in [5, 5.41) is 13.9. The van der Waals surface area contributed by atoms with Crippen molar-refractivity contribution in [3.63, 3.8) is 0 Å². The first kappa shape index (κ1) is 24.6. The van der Waals surface area contributed by atoms with E-state index < -0.39 is 0 Å². The highest BCUT2D eigenvalue weighted by Gasteiger charge is 2.39. The SMILES string of the molecule is C[C@@H](Nc1nc(N2CC([C@H]3CCCN(CCO)C3)C2)nc2c1C(=O)N(C)C2)c1ccc(Cl)cc1Cl. The Balaban J connectivity index is 1.34. The first-order chi connectivity index (χ1) is 16.8. The molecule has 8 nitrogen and oxygen atoms in total. The number of rotatable bonds is 7. The van der Waals surface area contributed by atoms with Gasteiger partial charge in [-0.1, -0.05) is 29.3 Å². The van der Waals surface area contributed by atoms with Gasteiger partial charge in [0.25, 0.3) is 5.91 Å². The molecule has 2 fully saturated rings. The van der Waals surface area contributed by atoms with Crippen LogP contribution in [-0.4, -0.2) is 77.2 Å². The Labute approximate surface area is 216 Å². The molecule has 0 aliphatic carbocycles. The lowest BCUT2D eigenvalue weighted by Crippen LogP contribution is -2.54. The van der Waals surface area contributed by atoms with Gasteiger partial charge >= 0.3 is 0 Å². The molecule has 3 aliphatic rings. The van der Waals surface area contributed by atoms with Crippen LogP contribution >= 0.6 is 23.2 Å². The van der Waals surface area contributed by atoms with Crippen molar-refractivity contribution >= 4 is 40.9 Å². The van der Waals surface area contributed by atoms with E-state index in [-0.39, 0.29) is 18.6 Å². The second-order valence-electron chi connectivity index (χ2n) is 9.98. The molecule has 0 bridgehead atoms. The highest BCUT2D eigenvalue weighted by Crippen LogP contribution is 2.36. The number of carbonyl (C=O) groups is 1. The summed E-state index contributed by atoms with van der Waals surface area (Å²) in [6.07, 6.45) is 2.42. The predicted octanol–water partition coefficient (Wildman–Crippen LogP) is 3.68. The number of piperidine rings is 1. The number of aromatic nitrogens is 2. The third-order valence-electron chi connectivity index (χ3n) is 7.52. The van der Waals surface area contributed by atoms with Crippen LogP contribution in [0.15, 0.2) is 18.2 Å². The lowest BCUT2D eigenvalue weighted by molar-refractivity contribution is 0.0816. The van der Waals surface area contributed by atoms with Gasteiger partial charge in [0, 0.05) is 43.3 Å². The second kappa shape index (κ2) is 10.1. The van der Waals surface area contributed by atoms with Crippen LogP contribution in [0.4, 0.5) is 11.8 Å². The number of aliphatic hydroxyl groups is 1. The number of halogens is 2. The van der Waals surface area contributed by atoms with E-state index in [1.54, 1.807) is 18.0 Å². The van der Waals surface area contributed by atoms with E-state index in [0.29, 0.717) is 45.8 Å². The smallest absolute Gasteiger partial charge is 0.259 e. The van der Waals surface area contributed by atoms with Crippen molar-refractivity contribution in [3.8, 4) is 0 Å². The molecule has 0 radical (unpaired) electrons. The van der Waals surface area contributed by atoms with Gasteiger partial charge in [-0.3, -0.25) is 4.79 Å². The van der Waals surface area contributed by atoms with Crippen molar-refractivity contribution in [2.45, 2.75) is 32.4 Å². The van der Waals surface area contributed by atoms with Crippen LogP contribution in [0.25, 0.3) is 0 Å². The number of nitrogens with zero attached hydrogens (tertiary/aromatic N) is 5. The van der Waals surface area contributed by atoms with Gasteiger partial charge in [-0.25, -0.2) is 4.98 Å². The summed E-state index contributed by atoms with van der Waals surface area (Å²) in [5.74, 6) is 2.38. The molecule has 1 amide bonds. The van der Waals surface area contributed by atoms with Crippen molar-refractivity contribution in [3.05, 3.63) is 45.1 Å². The Kier molecular flexibility index (Phi) is 7.08. The van der Waals surface area contributed by atoms with Crippen LogP contribution in [0.2, 0.25) is 10.0 Å². The molecule has 10 heteroatoms. The maximum Gasteiger partial charge on any atom is 0.259 e. The van der Waals surface area contributed by atoms with E-state index in [1.165, 1.54) is 12.8 Å². The van der Waals surface area contributed by atoms with Gasteiger partial charge in [0.05, 0.1) is 24.9 Å². The number of nitrogens with one attached hydrogen (secondary N) is 1. The molecule has 0 unspecified atom stereocenters. The van der Waals surface area contributed by atoms with Crippen LogP contribution in [0.1, 0.15) is 47.4 Å². The number of benzene rings is 1. The minimum atomic E-state index is -0.172. The molecular formula is C25H32Cl2N6O2. The molecule has 35 heavy (non-hydrogen) atoms. The number of hydrogen-bond acceptors (Lipinski definition) is 7. The zero-order valence-corrected chi connectivity index (χ0v) is 21.7. The van der Waals surface area contributed by atoms with E-state index in [2.05, 4.69) is 15.1 Å². The Morgan fingerprint density at radius 3 is 2.74 bits per heavy atom. The molecule has 188 valence electrons. The molecule has 2 saturated heterocycles. The van der Waals surface area contributed by atoms with Gasteiger partial charge in [-0.05, 0) is 55.8 Å². The number of fused-ring (bicyclic) bond motifs is 1. The highest BCUT2D eigenvalue weighted by molar-refractivity contribution is 6.35. The highest BCUT2D eigenvalue weighted by atomic mass is 35.5. The fourth-order valence-corrected chi connectivity index (χ4v) is 6.07. The third-order valence-corrected chi connectivity index (χ3v) is 8.08. The first-order valence-corrected chi connectivity index (χ1v) is 13.1. The standard InChI is InChI=1S/C25H32Cl2N6O2/c1-15(19-6-5-18(26)10-20(19)27)28-23-22-21(14-31(2)24(22)35)29-25(30-23)33-12-17(13-33)16-4-3-7-32(11-16)8-9-34/h5-6,10,15-17,34H,3-4,7-9,11-14H2,1-2H3,(H,28,29,30)/t15-,16+/m1/s1. The summed E-state index contributed by atoms with van der Waals surface area (Å²) in [6.45, 7) is 7.40. The summed E-state index contributed by atoms with van der Waals surface area (Å²) in [4.78, 5) is 28.8. The van der Waals surface area contributed by atoms with Gasteiger partial charge in [-0.15, -0.1) is 0 Å². The number of hydrogen-bond donors (Lipinski definition) is 2. The molecule has 0 saturated carbocycles. The lowest BCUT2D eigenvalue weighted by atomic mass is 9.81. The van der Waals surface area contributed by atoms with Crippen LogP contribution in [0.5, 0.6) is 0 Å². The Hall–Kier alpha value is -2.13. The van der Waals surface area contributed by atoms with E-state index in [9.17, 15) is 9.90 Å². The molecular weight excluding hydrogens is 487 g/mol. The molecule has 5 rings (SSSR count). The number of anilines is 2. The molecule has 2 aromatic rings. The molecule has 4 heterocycles. The summed E-state index contributed by atoms with van der Waals surface area (Å²) < 4.78 is 0. The molecule has 2 atom stereocenters. The van der Waals surface area contributed by atoms with Gasteiger partial charge < -0.3 is 25.1 Å². The largest absolute Gasteiger partial charge is 0.395 e. The van der Waals surface area contributed by atoms with Crippen molar-refractivity contribution in [1.82, 2.24) is 19.8 Å². The first-order valence-electron chi connectivity index (χ1n) is 12.3. The number of likely N-dealkylation sites (tertiary alicyclic amines) is 1. The van der Waals surface area contributed by atoms with E-state index in [4.69, 9.17) is 33.2 Å². The fraction of sp³-hybridized carbons (Fsp3) is 0.560. The summed E-state index contributed by atoms with van der Waals surface area (Å²) in [5.41, 5.74) is 2.18. The number of aliphatic hydroxyl groups excluding tert-OH is 1. The van der Waals surface area contributed by atoms with E-state index in [0.717, 1.165) is 44.0 Å². The van der Waals surface area contributed by atoms with Crippen molar-refractivity contribution < 1.29 is 9.90 Å². The van der Waals surface area contributed by atoms with E-state index >= 15 is 0 Å². The quantitative estimate of drug-likeness (QED) is 0.578. The van der Waals surface area contributed by atoms with Gasteiger partial charge in [0.1, 0.15) is 11.4 Å². The maximum atomic E-state index is 12.9. The average Bonchev–Trinajstić information content (AvgIpc) is 3.07. The maximum absolute atomic E-state index is 12.9. The molecule has 1 aromatic carbocycles. The predicted molar refractivity (Wildman–Crippen MR) is 138 cm³/mol. The summed E-state index contributed by atoms with van der Waals surface area (Å²) in [6, 6.07) is 5.25.